The summed E-state index contributed by atoms with van der Waals surface area (Å²) in [5.41, 5.74) is 5.18. The fraction of sp³-hybridized carbons (Fsp3) is 0.333. The minimum Gasteiger partial charge on any atom is -0.361 e. The minimum atomic E-state index is -0.244. The third-order valence-electron chi connectivity index (χ3n) is 2.47. The summed E-state index contributed by atoms with van der Waals surface area (Å²) in [6.07, 6.45) is 2.49. The van der Waals surface area contributed by atoms with E-state index < -0.39 is 0 Å². The number of thiocarbonyl (C=S) groups is 1. The molecular weight excluding hydrogens is 302 g/mol. The zero-order chi connectivity index (χ0) is 15.5. The van der Waals surface area contributed by atoms with Crippen molar-refractivity contribution >= 4 is 35.0 Å². The summed E-state index contributed by atoms with van der Waals surface area (Å²) in [5, 5.41) is 5.19. The van der Waals surface area contributed by atoms with Gasteiger partial charge in [-0.05, 0) is 42.1 Å². The molecule has 6 heteroatoms. The van der Waals surface area contributed by atoms with Crippen molar-refractivity contribution in [3.8, 4) is 0 Å². The topological polar surface area (TPSA) is 53.2 Å². The van der Waals surface area contributed by atoms with E-state index in [0.717, 1.165) is 17.9 Å². The molecule has 1 amide bonds. The molecular formula is C15H21N3OS2. The van der Waals surface area contributed by atoms with Gasteiger partial charge < -0.3 is 5.32 Å². The molecule has 0 saturated heterocycles. The van der Waals surface area contributed by atoms with Crippen LogP contribution in [0.4, 0.5) is 0 Å². The van der Waals surface area contributed by atoms with Crippen LogP contribution in [0.2, 0.25) is 0 Å². The average Bonchev–Trinajstić information content (AvgIpc) is 2.46. The molecule has 21 heavy (non-hydrogen) atoms. The average molecular weight is 323 g/mol. The first-order valence-corrected chi connectivity index (χ1v) is 8.09. The maximum atomic E-state index is 11.6. The molecule has 0 saturated carbocycles. The van der Waals surface area contributed by atoms with E-state index in [1.165, 1.54) is 17.8 Å². The predicted molar refractivity (Wildman–Crippen MR) is 92.8 cm³/mol. The van der Waals surface area contributed by atoms with Crippen molar-refractivity contribution in [3.05, 3.63) is 41.8 Å². The van der Waals surface area contributed by atoms with Crippen LogP contribution in [0.1, 0.15) is 20.3 Å². The van der Waals surface area contributed by atoms with Gasteiger partial charge in [0.1, 0.15) is 0 Å². The zero-order valence-electron chi connectivity index (χ0n) is 12.3. The van der Waals surface area contributed by atoms with E-state index in [0.29, 0.717) is 11.0 Å². The largest absolute Gasteiger partial charge is 0.361 e. The lowest BCUT2D eigenvalue weighted by molar-refractivity contribution is -0.117. The van der Waals surface area contributed by atoms with Crippen molar-refractivity contribution in [1.29, 1.82) is 0 Å². The van der Waals surface area contributed by atoms with Gasteiger partial charge in [0.25, 0.3) is 5.91 Å². The SMILES string of the molecule is CC(C)CCNC(=S)NNC(=O)/C=C/Sc1ccccc1. The van der Waals surface area contributed by atoms with Gasteiger partial charge >= 0.3 is 0 Å². The van der Waals surface area contributed by atoms with Crippen LogP contribution in [0.5, 0.6) is 0 Å². The second-order valence-corrected chi connectivity index (χ2v) is 6.17. The zero-order valence-corrected chi connectivity index (χ0v) is 13.9. The highest BCUT2D eigenvalue weighted by Gasteiger charge is 1.98. The lowest BCUT2D eigenvalue weighted by atomic mass is 10.1. The van der Waals surface area contributed by atoms with Gasteiger partial charge in [0.05, 0.1) is 0 Å². The lowest BCUT2D eigenvalue weighted by Crippen LogP contribution is -2.46. The van der Waals surface area contributed by atoms with Gasteiger partial charge in [-0.2, -0.15) is 0 Å². The molecule has 0 spiro atoms. The highest BCUT2D eigenvalue weighted by molar-refractivity contribution is 8.02. The third kappa shape index (κ3) is 9.10. The molecule has 0 aromatic heterocycles. The summed E-state index contributed by atoms with van der Waals surface area (Å²) in [6, 6.07) is 9.84. The lowest BCUT2D eigenvalue weighted by Gasteiger charge is -2.11. The fourth-order valence-electron chi connectivity index (χ4n) is 1.35. The number of benzene rings is 1. The Hall–Kier alpha value is -1.53. The number of carbonyl (C=O) groups is 1. The van der Waals surface area contributed by atoms with E-state index in [1.54, 1.807) is 5.41 Å². The molecule has 0 atom stereocenters. The van der Waals surface area contributed by atoms with Gasteiger partial charge in [-0.3, -0.25) is 15.6 Å². The fourth-order valence-corrected chi connectivity index (χ4v) is 2.17. The molecule has 0 unspecified atom stereocenters. The molecule has 0 aliphatic rings. The van der Waals surface area contributed by atoms with E-state index in [1.807, 2.05) is 30.3 Å². The van der Waals surface area contributed by atoms with Crippen LogP contribution in [0.15, 0.2) is 46.7 Å². The quantitative estimate of drug-likeness (QED) is 0.325. The predicted octanol–water partition coefficient (Wildman–Crippen LogP) is 2.83. The number of nitrogens with one attached hydrogen (secondary N) is 3. The molecule has 0 bridgehead atoms. The summed E-state index contributed by atoms with van der Waals surface area (Å²) in [4.78, 5) is 12.6. The standard InChI is InChI=1S/C15H21N3OS2/c1-12(2)8-10-16-15(20)18-17-14(19)9-11-21-13-6-4-3-5-7-13/h3-7,9,11-12H,8,10H2,1-2H3,(H,17,19)(H2,16,18,20)/b11-9+. The first-order valence-electron chi connectivity index (χ1n) is 6.80. The Morgan fingerprint density at radius 3 is 2.67 bits per heavy atom. The first-order chi connectivity index (χ1) is 10.1. The molecule has 1 aromatic carbocycles. The van der Waals surface area contributed by atoms with E-state index in [2.05, 4.69) is 30.0 Å². The van der Waals surface area contributed by atoms with Gasteiger partial charge in [-0.15, -0.1) is 0 Å². The summed E-state index contributed by atoms with van der Waals surface area (Å²) in [7, 11) is 0. The Morgan fingerprint density at radius 1 is 1.29 bits per heavy atom. The van der Waals surface area contributed by atoms with E-state index in [9.17, 15) is 4.79 Å². The van der Waals surface area contributed by atoms with Crippen LogP contribution in [0.25, 0.3) is 0 Å². The summed E-state index contributed by atoms with van der Waals surface area (Å²) < 4.78 is 0. The van der Waals surface area contributed by atoms with Crippen molar-refractivity contribution in [1.82, 2.24) is 16.2 Å². The van der Waals surface area contributed by atoms with E-state index in [4.69, 9.17) is 12.2 Å². The molecule has 0 heterocycles. The molecule has 114 valence electrons. The highest BCUT2D eigenvalue weighted by atomic mass is 32.2. The monoisotopic (exact) mass is 323 g/mol. The van der Waals surface area contributed by atoms with Crippen molar-refractivity contribution in [2.24, 2.45) is 5.92 Å². The Balaban J connectivity index is 2.17. The second kappa shape index (κ2) is 10.2. The van der Waals surface area contributed by atoms with Gasteiger partial charge in [-0.25, -0.2) is 0 Å². The summed E-state index contributed by atoms with van der Waals surface area (Å²) in [5.74, 6) is 0.374. The highest BCUT2D eigenvalue weighted by Crippen LogP contribution is 2.17. The Labute approximate surface area is 135 Å². The van der Waals surface area contributed by atoms with Crippen molar-refractivity contribution in [2.75, 3.05) is 6.54 Å². The third-order valence-corrected chi connectivity index (χ3v) is 3.54. The second-order valence-electron chi connectivity index (χ2n) is 4.79. The first kappa shape index (κ1) is 17.5. The number of thioether (sulfide) groups is 1. The van der Waals surface area contributed by atoms with Gasteiger partial charge in [0.15, 0.2) is 5.11 Å². The van der Waals surface area contributed by atoms with Gasteiger partial charge in [0.2, 0.25) is 0 Å². The summed E-state index contributed by atoms with van der Waals surface area (Å²) in [6.45, 7) is 5.09. The number of hydrazine groups is 1. The van der Waals surface area contributed by atoms with Crippen LogP contribution in [-0.4, -0.2) is 17.6 Å². The van der Waals surface area contributed by atoms with Crippen LogP contribution in [-0.2, 0) is 4.79 Å². The number of carbonyl (C=O) groups excluding carboxylic acids is 1. The molecule has 4 nitrogen and oxygen atoms in total. The number of hydrogen-bond acceptors (Lipinski definition) is 3. The van der Waals surface area contributed by atoms with E-state index in [-0.39, 0.29) is 5.91 Å². The molecule has 0 aliphatic carbocycles. The summed E-state index contributed by atoms with van der Waals surface area (Å²) >= 11 is 6.53. The molecule has 0 aliphatic heterocycles. The number of hydrogen-bond donors (Lipinski definition) is 3. The number of amides is 1. The Morgan fingerprint density at radius 2 is 2.00 bits per heavy atom. The van der Waals surface area contributed by atoms with Gasteiger partial charge in [0, 0.05) is 17.5 Å². The Bertz CT molecular complexity index is 475. The maximum absolute atomic E-state index is 11.6. The molecule has 0 radical (unpaired) electrons. The molecule has 3 N–H and O–H groups in total. The van der Waals surface area contributed by atoms with E-state index >= 15 is 0 Å². The normalized spacial score (nSPS) is 10.6. The molecule has 1 aromatic rings. The van der Waals surface area contributed by atoms with Crippen molar-refractivity contribution in [2.45, 2.75) is 25.2 Å². The van der Waals surface area contributed by atoms with Crippen molar-refractivity contribution < 1.29 is 4.79 Å². The van der Waals surface area contributed by atoms with Crippen molar-refractivity contribution in [3.63, 3.8) is 0 Å². The number of rotatable bonds is 6. The van der Waals surface area contributed by atoms with Crippen LogP contribution < -0.4 is 16.2 Å². The molecule has 0 fully saturated rings. The van der Waals surface area contributed by atoms with Crippen LogP contribution in [0, 0.1) is 5.92 Å². The van der Waals surface area contributed by atoms with Gasteiger partial charge in [-0.1, -0.05) is 43.8 Å². The smallest absolute Gasteiger partial charge is 0.262 e. The maximum Gasteiger partial charge on any atom is 0.262 e. The minimum absolute atomic E-state index is 0.244. The molecule has 1 rings (SSSR count). The van der Waals surface area contributed by atoms with Crippen LogP contribution in [0.3, 0.4) is 0 Å². The Kier molecular flexibility index (Phi) is 8.54. The van der Waals surface area contributed by atoms with Crippen LogP contribution >= 0.6 is 24.0 Å².